The zero-order chi connectivity index (χ0) is 20.1. The average Bonchev–Trinajstić information content (AvgIpc) is 2.90. The van der Waals surface area contributed by atoms with Gasteiger partial charge in [-0.1, -0.05) is 62.0 Å². The Bertz CT molecular complexity index is 535. The van der Waals surface area contributed by atoms with E-state index in [2.05, 4.69) is 0 Å². The van der Waals surface area contributed by atoms with Gasteiger partial charge in [-0.05, 0) is 31.6 Å². The first-order chi connectivity index (χ1) is 13.0. The van der Waals surface area contributed by atoms with Crippen molar-refractivity contribution in [2.45, 2.75) is 70.2 Å². The van der Waals surface area contributed by atoms with Gasteiger partial charge < -0.3 is 20.4 Å². The minimum atomic E-state index is -0.778. The highest BCUT2D eigenvalue weighted by molar-refractivity contribution is 5.66. The fraction of sp³-hybridized carbons (Fsp3) is 0.591. The maximum absolute atomic E-state index is 10.3. The lowest BCUT2D eigenvalue weighted by Gasteiger charge is -2.19. The summed E-state index contributed by atoms with van der Waals surface area (Å²) in [5.74, 6) is -0.808. The molecular formula is C22H34O5. The summed E-state index contributed by atoms with van der Waals surface area (Å²) in [5.41, 5.74) is 0. The van der Waals surface area contributed by atoms with Crippen molar-refractivity contribution in [1.29, 1.82) is 0 Å². The normalized spacial score (nSPS) is 27.6. The molecule has 0 aromatic heterocycles. The van der Waals surface area contributed by atoms with E-state index in [9.17, 15) is 20.1 Å². The van der Waals surface area contributed by atoms with Crippen molar-refractivity contribution >= 4 is 5.97 Å². The van der Waals surface area contributed by atoms with Crippen LogP contribution >= 0.6 is 0 Å². The zero-order valence-corrected chi connectivity index (χ0v) is 16.2. The van der Waals surface area contributed by atoms with Gasteiger partial charge in [0.15, 0.2) is 0 Å². The Balaban J connectivity index is 2.21. The molecule has 5 atom stereocenters. The van der Waals surface area contributed by atoms with Crippen LogP contribution in [0.5, 0.6) is 0 Å². The lowest BCUT2D eigenvalue weighted by atomic mass is 9.90. The Hall–Kier alpha value is -1.69. The quantitative estimate of drug-likeness (QED) is 0.390. The SMILES string of the molecule is CC[C@H]1[C@H](/C=C/[C@@H](O)C/C=C\C/C=C\C/C=C\CCC(=O)O)[C@H](O)C[C@@H]1O. The molecule has 0 spiro atoms. The molecule has 0 saturated heterocycles. The van der Waals surface area contributed by atoms with E-state index in [1.165, 1.54) is 0 Å². The monoisotopic (exact) mass is 378 g/mol. The zero-order valence-electron chi connectivity index (χ0n) is 16.2. The second-order valence-corrected chi connectivity index (χ2v) is 7.03. The number of carboxylic acids is 1. The van der Waals surface area contributed by atoms with Crippen LogP contribution in [-0.2, 0) is 4.79 Å². The first kappa shape index (κ1) is 23.3. The van der Waals surface area contributed by atoms with E-state index in [4.69, 9.17) is 5.11 Å². The van der Waals surface area contributed by atoms with Gasteiger partial charge in [0.05, 0.1) is 18.3 Å². The van der Waals surface area contributed by atoms with Gasteiger partial charge in [0.1, 0.15) is 0 Å². The van der Waals surface area contributed by atoms with Gasteiger partial charge in [0.2, 0.25) is 0 Å². The smallest absolute Gasteiger partial charge is 0.303 e. The first-order valence-electron chi connectivity index (χ1n) is 9.85. The third-order valence-electron chi connectivity index (χ3n) is 4.89. The predicted octanol–water partition coefficient (Wildman–Crippen LogP) is 3.38. The van der Waals surface area contributed by atoms with Crippen LogP contribution in [0.1, 0.15) is 51.9 Å². The topological polar surface area (TPSA) is 98.0 Å². The van der Waals surface area contributed by atoms with Crippen molar-refractivity contribution in [3.8, 4) is 0 Å². The molecule has 0 heterocycles. The van der Waals surface area contributed by atoms with Gasteiger partial charge >= 0.3 is 5.97 Å². The summed E-state index contributed by atoms with van der Waals surface area (Å²) in [7, 11) is 0. The third-order valence-corrected chi connectivity index (χ3v) is 4.89. The summed E-state index contributed by atoms with van der Waals surface area (Å²) in [5, 5.41) is 38.5. The summed E-state index contributed by atoms with van der Waals surface area (Å²) < 4.78 is 0. The van der Waals surface area contributed by atoms with Crippen molar-refractivity contribution < 1.29 is 25.2 Å². The van der Waals surface area contributed by atoms with Crippen LogP contribution in [0.3, 0.4) is 0 Å². The molecule has 1 fully saturated rings. The van der Waals surface area contributed by atoms with Crippen LogP contribution in [0.25, 0.3) is 0 Å². The molecule has 1 aliphatic rings. The standard InChI is InChI=1S/C22H34O5/c1-2-18-19(21(25)16-20(18)24)15-14-17(23)12-10-8-6-4-3-5-7-9-11-13-22(26)27/h3-4,7-10,14-15,17-21,23-25H,2,5-6,11-13,16H2,1H3,(H,26,27)/b4-3-,9-7-,10-8-,15-14+/t17-,18-,19-,20-,21+/m0/s1. The number of carbonyl (C=O) groups is 1. The minimum Gasteiger partial charge on any atom is -0.481 e. The third kappa shape index (κ3) is 9.70. The number of allylic oxidation sites excluding steroid dienone is 5. The highest BCUT2D eigenvalue weighted by Crippen LogP contribution is 2.35. The molecule has 0 aromatic rings. The van der Waals surface area contributed by atoms with E-state index in [1.807, 2.05) is 49.5 Å². The van der Waals surface area contributed by atoms with Crippen molar-refractivity contribution in [3.63, 3.8) is 0 Å². The van der Waals surface area contributed by atoms with Crippen molar-refractivity contribution in [2.24, 2.45) is 11.8 Å². The van der Waals surface area contributed by atoms with E-state index < -0.39 is 24.3 Å². The Labute approximate surface area is 162 Å². The van der Waals surface area contributed by atoms with Crippen LogP contribution in [0.2, 0.25) is 0 Å². The van der Waals surface area contributed by atoms with Gasteiger partial charge in [-0.15, -0.1) is 0 Å². The van der Waals surface area contributed by atoms with Crippen molar-refractivity contribution in [3.05, 3.63) is 48.6 Å². The number of aliphatic carboxylic acids is 1. The van der Waals surface area contributed by atoms with Gasteiger partial charge in [0.25, 0.3) is 0 Å². The molecule has 0 aromatic carbocycles. The maximum Gasteiger partial charge on any atom is 0.303 e. The summed E-state index contributed by atoms with van der Waals surface area (Å²) in [6.07, 6.45) is 17.8. The second kappa shape index (κ2) is 13.5. The molecule has 4 N–H and O–H groups in total. The van der Waals surface area contributed by atoms with Gasteiger partial charge in [-0.25, -0.2) is 0 Å². The molecule has 0 aliphatic heterocycles. The molecule has 1 saturated carbocycles. The van der Waals surface area contributed by atoms with Crippen LogP contribution in [-0.4, -0.2) is 44.7 Å². The van der Waals surface area contributed by atoms with Gasteiger partial charge in [-0.3, -0.25) is 4.79 Å². The highest BCUT2D eigenvalue weighted by Gasteiger charge is 2.38. The van der Waals surface area contributed by atoms with Crippen molar-refractivity contribution in [1.82, 2.24) is 0 Å². The molecule has 1 aliphatic carbocycles. The Morgan fingerprint density at radius 1 is 1.04 bits per heavy atom. The number of aliphatic hydroxyl groups excluding tert-OH is 3. The van der Waals surface area contributed by atoms with E-state index in [0.717, 1.165) is 19.3 Å². The first-order valence-corrected chi connectivity index (χ1v) is 9.85. The van der Waals surface area contributed by atoms with E-state index in [1.54, 1.807) is 6.08 Å². The minimum absolute atomic E-state index is 0.0577. The predicted molar refractivity (Wildman–Crippen MR) is 107 cm³/mol. The summed E-state index contributed by atoms with van der Waals surface area (Å²) >= 11 is 0. The molecule has 0 unspecified atom stereocenters. The van der Waals surface area contributed by atoms with Gasteiger partial charge in [0, 0.05) is 18.8 Å². The van der Waals surface area contributed by atoms with Crippen LogP contribution in [0.4, 0.5) is 0 Å². The number of hydrogen-bond acceptors (Lipinski definition) is 4. The van der Waals surface area contributed by atoms with Crippen LogP contribution in [0, 0.1) is 11.8 Å². The summed E-state index contributed by atoms with van der Waals surface area (Å²) in [4.78, 5) is 10.3. The lowest BCUT2D eigenvalue weighted by Crippen LogP contribution is -2.20. The van der Waals surface area contributed by atoms with Crippen LogP contribution < -0.4 is 0 Å². The van der Waals surface area contributed by atoms with Gasteiger partial charge in [-0.2, -0.15) is 0 Å². The molecule has 0 radical (unpaired) electrons. The van der Waals surface area contributed by atoms with E-state index >= 15 is 0 Å². The van der Waals surface area contributed by atoms with E-state index in [-0.39, 0.29) is 18.3 Å². The molecule has 152 valence electrons. The van der Waals surface area contributed by atoms with Crippen molar-refractivity contribution in [2.75, 3.05) is 0 Å². The number of carboxylic acid groups (broad SMARTS) is 1. The Morgan fingerprint density at radius 3 is 2.30 bits per heavy atom. The number of hydrogen-bond donors (Lipinski definition) is 4. The molecule has 27 heavy (non-hydrogen) atoms. The molecule has 0 amide bonds. The van der Waals surface area contributed by atoms with E-state index in [0.29, 0.717) is 19.3 Å². The maximum atomic E-state index is 10.3. The largest absolute Gasteiger partial charge is 0.481 e. The summed E-state index contributed by atoms with van der Waals surface area (Å²) in [6.45, 7) is 2.01. The fourth-order valence-corrected chi connectivity index (χ4v) is 3.37. The lowest BCUT2D eigenvalue weighted by molar-refractivity contribution is -0.136. The highest BCUT2D eigenvalue weighted by atomic mass is 16.4. The molecular weight excluding hydrogens is 344 g/mol. The number of aliphatic hydroxyl groups is 3. The fourth-order valence-electron chi connectivity index (χ4n) is 3.37. The Morgan fingerprint density at radius 2 is 1.67 bits per heavy atom. The molecule has 5 heteroatoms. The molecule has 0 bridgehead atoms. The average molecular weight is 379 g/mol. The van der Waals surface area contributed by atoms with Crippen LogP contribution in [0.15, 0.2) is 48.6 Å². The Kier molecular flexibility index (Phi) is 11.7. The second-order valence-electron chi connectivity index (χ2n) is 7.03. The number of rotatable bonds is 12. The molecule has 5 nitrogen and oxygen atoms in total. The summed E-state index contributed by atoms with van der Waals surface area (Å²) in [6, 6.07) is 0. The molecule has 1 rings (SSSR count).